The van der Waals surface area contributed by atoms with Crippen molar-refractivity contribution in [3.8, 4) is 0 Å². The van der Waals surface area contributed by atoms with Gasteiger partial charge < -0.3 is 81.3 Å². The fraction of sp³-hybridized carbons (Fsp3) is 0.950. The number of hydrogen-bond acceptors (Lipinski definition) is 16. The summed E-state index contributed by atoms with van der Waals surface area (Å²) in [7, 11) is 0. The zero-order valence-electron chi connectivity index (χ0n) is 20.0. The highest BCUT2D eigenvalue weighted by molar-refractivity contribution is 5.73. The van der Waals surface area contributed by atoms with Crippen LogP contribution in [0.15, 0.2) is 0 Å². The molecular weight excluding hydrogens is 506 g/mol. The van der Waals surface area contributed by atoms with Crippen LogP contribution in [0, 0.1) is 0 Å². The minimum absolute atomic E-state index is 0.585. The van der Waals surface area contributed by atoms with Crippen LogP contribution >= 0.6 is 0 Å². The van der Waals surface area contributed by atoms with E-state index in [1.54, 1.807) is 0 Å². The van der Waals surface area contributed by atoms with E-state index in [0.717, 1.165) is 6.92 Å². The first kappa shape index (κ1) is 30.4. The lowest BCUT2D eigenvalue weighted by Gasteiger charge is -2.48. The first-order valence-corrected chi connectivity index (χ1v) is 11.7. The number of carbonyl (C=O) groups is 1. The van der Waals surface area contributed by atoms with Crippen molar-refractivity contribution in [1.82, 2.24) is 5.32 Å². The summed E-state index contributed by atoms with van der Waals surface area (Å²) in [5.41, 5.74) is 12.0. The standard InChI is InChI=1S/C20H37N3O14/c1-5(27)23-11-15(31)17(7(3-25)33-18(11)32)37-20-10(22)14(30)16(8(4-26)35-20)36-19-9(21)13(29)12(28)6(2-24)34-19/h6-20,24-26,28-32H,2-4,21-22H2,1H3,(H,23,27)/t6?,7?,8?,9?,10?,11?,12-,13-,14-,15-,16-,17-,18-,19+,20+/m1/s1. The van der Waals surface area contributed by atoms with E-state index >= 15 is 0 Å². The molecule has 0 aromatic heterocycles. The van der Waals surface area contributed by atoms with Gasteiger partial charge >= 0.3 is 0 Å². The fourth-order valence-electron chi connectivity index (χ4n) is 4.55. The first-order chi connectivity index (χ1) is 17.4. The van der Waals surface area contributed by atoms with Crippen LogP contribution in [0.2, 0.25) is 0 Å². The number of nitrogens with two attached hydrogens (primary N) is 2. The molecule has 0 aliphatic carbocycles. The van der Waals surface area contributed by atoms with Gasteiger partial charge in [0, 0.05) is 6.92 Å². The number of nitrogens with one attached hydrogen (secondary N) is 1. The predicted molar refractivity (Wildman–Crippen MR) is 117 cm³/mol. The summed E-state index contributed by atoms with van der Waals surface area (Å²) in [4.78, 5) is 11.5. The Morgan fingerprint density at radius 3 is 1.70 bits per heavy atom. The Balaban J connectivity index is 1.74. The molecule has 15 atom stereocenters. The number of aliphatic hydroxyl groups is 8. The molecule has 3 rings (SSSR count). The third-order valence-corrected chi connectivity index (χ3v) is 6.65. The quantitative estimate of drug-likeness (QED) is 0.135. The topological polar surface area (TPSA) is 289 Å². The molecule has 3 aliphatic rings. The van der Waals surface area contributed by atoms with Crippen LogP contribution < -0.4 is 16.8 Å². The monoisotopic (exact) mass is 543 g/mol. The SMILES string of the molecule is CC(=O)NC1[C@H](O)OC(CO)[C@@H](O[C@@H]2OC(CO)[C@@H](O[C@@H]3OC(CO)[C@@H](O)[C@H](O)C3N)[C@H](O)C2N)[C@@H]1O. The molecule has 0 radical (unpaired) electrons. The van der Waals surface area contributed by atoms with E-state index in [9.17, 15) is 45.6 Å². The lowest BCUT2D eigenvalue weighted by molar-refractivity contribution is -0.348. The molecule has 0 bridgehead atoms. The first-order valence-electron chi connectivity index (χ1n) is 11.7. The number of ether oxygens (including phenoxy) is 5. The van der Waals surface area contributed by atoms with Gasteiger partial charge in [0.25, 0.3) is 0 Å². The van der Waals surface area contributed by atoms with Gasteiger partial charge in [-0.1, -0.05) is 0 Å². The highest BCUT2D eigenvalue weighted by atomic mass is 16.7. The number of hydrogen-bond donors (Lipinski definition) is 11. The van der Waals surface area contributed by atoms with Crippen LogP contribution in [0.25, 0.3) is 0 Å². The molecule has 17 nitrogen and oxygen atoms in total. The Labute approximate surface area is 211 Å². The Hall–Kier alpha value is -1.13. The molecule has 0 spiro atoms. The second kappa shape index (κ2) is 12.8. The van der Waals surface area contributed by atoms with Crippen molar-refractivity contribution in [3.05, 3.63) is 0 Å². The third kappa shape index (κ3) is 6.38. The van der Waals surface area contributed by atoms with E-state index < -0.39 is 118 Å². The predicted octanol–water partition coefficient (Wildman–Crippen LogP) is -7.50. The van der Waals surface area contributed by atoms with Gasteiger partial charge in [-0.25, -0.2) is 0 Å². The van der Waals surface area contributed by atoms with Crippen LogP contribution in [0.3, 0.4) is 0 Å². The lowest BCUT2D eigenvalue weighted by Crippen LogP contribution is -2.69. The zero-order valence-corrected chi connectivity index (χ0v) is 20.0. The smallest absolute Gasteiger partial charge is 0.217 e. The van der Waals surface area contributed by atoms with Gasteiger partial charge in [-0.3, -0.25) is 4.79 Å². The molecule has 0 aromatic rings. The summed E-state index contributed by atoms with van der Waals surface area (Å²) >= 11 is 0. The van der Waals surface area contributed by atoms with Gasteiger partial charge in [0.15, 0.2) is 18.9 Å². The number of rotatable bonds is 8. The maximum Gasteiger partial charge on any atom is 0.217 e. The molecule has 13 N–H and O–H groups in total. The number of aliphatic hydroxyl groups excluding tert-OH is 8. The highest BCUT2D eigenvalue weighted by Gasteiger charge is 2.52. The molecule has 3 fully saturated rings. The van der Waals surface area contributed by atoms with Gasteiger partial charge in [-0.2, -0.15) is 0 Å². The van der Waals surface area contributed by atoms with Crippen LogP contribution in [0.5, 0.6) is 0 Å². The minimum atomic E-state index is -1.67. The molecule has 37 heavy (non-hydrogen) atoms. The molecule has 3 saturated heterocycles. The minimum Gasteiger partial charge on any atom is -0.394 e. The van der Waals surface area contributed by atoms with Crippen LogP contribution in [0.1, 0.15) is 6.92 Å². The van der Waals surface area contributed by atoms with Gasteiger partial charge in [0.1, 0.15) is 61.0 Å². The molecule has 6 unspecified atom stereocenters. The third-order valence-electron chi connectivity index (χ3n) is 6.65. The largest absolute Gasteiger partial charge is 0.394 e. The lowest BCUT2D eigenvalue weighted by atomic mass is 9.94. The number of carbonyl (C=O) groups excluding carboxylic acids is 1. The molecule has 0 saturated carbocycles. The van der Waals surface area contributed by atoms with Crippen molar-refractivity contribution in [1.29, 1.82) is 0 Å². The van der Waals surface area contributed by atoms with Gasteiger partial charge in [0.05, 0.1) is 31.9 Å². The summed E-state index contributed by atoms with van der Waals surface area (Å²) in [6.07, 6.45) is -17.5. The van der Waals surface area contributed by atoms with Crippen LogP contribution in [-0.4, -0.2) is 159 Å². The Bertz CT molecular complexity index is 749. The van der Waals surface area contributed by atoms with Crippen molar-refractivity contribution in [2.75, 3.05) is 19.8 Å². The summed E-state index contributed by atoms with van der Waals surface area (Å²) in [6.45, 7) is -0.951. The number of amides is 1. The molecule has 1 amide bonds. The van der Waals surface area contributed by atoms with Crippen molar-refractivity contribution in [2.24, 2.45) is 11.5 Å². The fourth-order valence-corrected chi connectivity index (χ4v) is 4.55. The zero-order chi connectivity index (χ0) is 27.6. The van der Waals surface area contributed by atoms with E-state index in [1.165, 1.54) is 0 Å². The van der Waals surface area contributed by atoms with Crippen LogP contribution in [0.4, 0.5) is 0 Å². The molecule has 0 aromatic carbocycles. The van der Waals surface area contributed by atoms with E-state index in [1.807, 2.05) is 0 Å². The molecule has 3 aliphatic heterocycles. The normalized spacial score (nSPS) is 49.0. The van der Waals surface area contributed by atoms with Gasteiger partial charge in [-0.05, 0) is 0 Å². The van der Waals surface area contributed by atoms with Crippen molar-refractivity contribution >= 4 is 5.91 Å². The average Bonchev–Trinajstić information content (AvgIpc) is 2.87. The Morgan fingerprint density at radius 1 is 0.730 bits per heavy atom. The molecule has 3 heterocycles. The second-order valence-electron chi connectivity index (χ2n) is 9.24. The maximum atomic E-state index is 11.5. The van der Waals surface area contributed by atoms with E-state index in [4.69, 9.17) is 35.2 Å². The van der Waals surface area contributed by atoms with Gasteiger partial charge in [0.2, 0.25) is 5.91 Å². The second-order valence-corrected chi connectivity index (χ2v) is 9.24. The summed E-state index contributed by atoms with van der Waals surface area (Å²) < 4.78 is 27.7. The Morgan fingerprint density at radius 2 is 1.19 bits per heavy atom. The van der Waals surface area contributed by atoms with Crippen molar-refractivity contribution < 1.29 is 69.3 Å². The maximum absolute atomic E-state index is 11.5. The van der Waals surface area contributed by atoms with E-state index in [2.05, 4.69) is 5.32 Å². The summed E-state index contributed by atoms with van der Waals surface area (Å²) in [6, 6.07) is -4.01. The van der Waals surface area contributed by atoms with Crippen LogP contribution in [-0.2, 0) is 28.5 Å². The summed E-state index contributed by atoms with van der Waals surface area (Å²) in [5.74, 6) is -0.585. The molecule has 17 heteroatoms. The highest BCUT2D eigenvalue weighted by Crippen LogP contribution is 2.31. The van der Waals surface area contributed by atoms with Crippen molar-refractivity contribution in [2.45, 2.75) is 98.9 Å². The van der Waals surface area contributed by atoms with Gasteiger partial charge in [-0.15, -0.1) is 0 Å². The van der Waals surface area contributed by atoms with Crippen molar-refractivity contribution in [3.63, 3.8) is 0 Å². The average molecular weight is 544 g/mol. The Kier molecular flexibility index (Phi) is 10.5. The van der Waals surface area contributed by atoms with E-state index in [-0.39, 0.29) is 0 Å². The summed E-state index contributed by atoms with van der Waals surface area (Å²) in [5, 5.41) is 83.1. The van der Waals surface area contributed by atoms with E-state index in [0.29, 0.717) is 0 Å². The molecule has 216 valence electrons. The molecular formula is C20H37N3O14.